The summed E-state index contributed by atoms with van der Waals surface area (Å²) >= 11 is 0. The van der Waals surface area contributed by atoms with Crippen LogP contribution in [0.4, 0.5) is 0 Å². The van der Waals surface area contributed by atoms with Crippen molar-refractivity contribution in [3.63, 3.8) is 0 Å². The molecular weight excluding hydrogens is 272 g/mol. The van der Waals surface area contributed by atoms with Gasteiger partial charge in [-0.2, -0.15) is 0 Å². The molecule has 1 amide bonds. The van der Waals surface area contributed by atoms with Crippen molar-refractivity contribution in [2.75, 3.05) is 26.7 Å². The van der Waals surface area contributed by atoms with Crippen molar-refractivity contribution in [1.82, 2.24) is 10.2 Å². The largest absolute Gasteiger partial charge is 0.469 e. The predicted octanol–water partition coefficient (Wildman–Crippen LogP) is 0.800. The Bertz CT molecular complexity index is 350. The van der Waals surface area contributed by atoms with Crippen LogP contribution < -0.4 is 5.32 Å². The fraction of sp³-hybridized carbons (Fsp3) is 0.867. The van der Waals surface area contributed by atoms with Gasteiger partial charge in [0, 0.05) is 19.6 Å². The highest BCUT2D eigenvalue weighted by Crippen LogP contribution is 2.18. The van der Waals surface area contributed by atoms with E-state index in [0.29, 0.717) is 6.54 Å². The Labute approximate surface area is 127 Å². The lowest BCUT2D eigenvalue weighted by molar-refractivity contribution is -0.140. The zero-order valence-electron chi connectivity index (χ0n) is 13.7. The summed E-state index contributed by atoms with van der Waals surface area (Å²) in [6.07, 6.45) is 0.443. The molecule has 0 spiro atoms. The molecule has 1 heterocycles. The van der Waals surface area contributed by atoms with E-state index in [1.807, 2.05) is 27.7 Å². The number of esters is 1. The Balaban J connectivity index is 2.59. The molecule has 21 heavy (non-hydrogen) atoms. The molecular formula is C15H28N2O4. The number of ether oxygens (including phenoxy) is 2. The molecule has 1 rings (SSSR count). The molecule has 122 valence electrons. The second kappa shape index (κ2) is 8.34. The molecule has 0 bridgehead atoms. The van der Waals surface area contributed by atoms with Crippen LogP contribution in [0.5, 0.6) is 0 Å². The van der Waals surface area contributed by atoms with Gasteiger partial charge in [-0.15, -0.1) is 0 Å². The number of morpholine rings is 1. The van der Waals surface area contributed by atoms with Gasteiger partial charge >= 0.3 is 5.97 Å². The molecule has 0 radical (unpaired) electrons. The molecule has 0 aromatic heterocycles. The summed E-state index contributed by atoms with van der Waals surface area (Å²) in [5.41, 5.74) is 0. The fourth-order valence-electron chi connectivity index (χ4n) is 2.83. The zero-order valence-corrected chi connectivity index (χ0v) is 13.7. The molecule has 3 atom stereocenters. The van der Waals surface area contributed by atoms with Gasteiger partial charge in [0.2, 0.25) is 5.91 Å². The maximum atomic E-state index is 12.4. The Hall–Kier alpha value is -1.14. The van der Waals surface area contributed by atoms with Crippen LogP contribution in [0, 0.1) is 5.92 Å². The lowest BCUT2D eigenvalue weighted by Gasteiger charge is -2.41. The van der Waals surface area contributed by atoms with E-state index in [4.69, 9.17) is 4.74 Å². The van der Waals surface area contributed by atoms with Gasteiger partial charge in [0.1, 0.15) is 0 Å². The normalized spacial score (nSPS) is 24.7. The number of amides is 1. The third kappa shape index (κ3) is 5.63. The Morgan fingerprint density at radius 3 is 2.33 bits per heavy atom. The smallest absolute Gasteiger partial charge is 0.307 e. The van der Waals surface area contributed by atoms with Crippen LogP contribution >= 0.6 is 0 Å². The second-order valence-corrected chi connectivity index (χ2v) is 6.02. The molecule has 1 fully saturated rings. The van der Waals surface area contributed by atoms with Crippen molar-refractivity contribution >= 4 is 11.9 Å². The van der Waals surface area contributed by atoms with Crippen LogP contribution in [0.1, 0.15) is 34.1 Å². The van der Waals surface area contributed by atoms with E-state index < -0.39 is 0 Å². The van der Waals surface area contributed by atoms with Crippen LogP contribution in [0.2, 0.25) is 0 Å². The highest BCUT2D eigenvalue weighted by molar-refractivity contribution is 5.82. The van der Waals surface area contributed by atoms with Crippen molar-refractivity contribution in [3.05, 3.63) is 0 Å². The predicted molar refractivity (Wildman–Crippen MR) is 79.9 cm³/mol. The Morgan fingerprint density at radius 2 is 1.86 bits per heavy atom. The molecule has 0 aromatic rings. The highest BCUT2D eigenvalue weighted by Gasteiger charge is 2.33. The number of methoxy groups -OCH3 is 1. The van der Waals surface area contributed by atoms with Gasteiger partial charge in [-0.25, -0.2) is 0 Å². The van der Waals surface area contributed by atoms with Gasteiger partial charge in [-0.3, -0.25) is 14.5 Å². The third-order valence-electron chi connectivity index (χ3n) is 3.60. The van der Waals surface area contributed by atoms with Gasteiger partial charge in [0.05, 0.1) is 31.8 Å². The molecule has 1 aliphatic rings. The maximum Gasteiger partial charge on any atom is 0.307 e. The summed E-state index contributed by atoms with van der Waals surface area (Å²) in [7, 11) is 1.34. The molecule has 6 heteroatoms. The third-order valence-corrected chi connectivity index (χ3v) is 3.60. The summed E-state index contributed by atoms with van der Waals surface area (Å²) in [6, 6.07) is -0.198. The molecule has 0 saturated carbocycles. The monoisotopic (exact) mass is 300 g/mol. The van der Waals surface area contributed by atoms with Crippen LogP contribution in [-0.2, 0) is 19.1 Å². The van der Waals surface area contributed by atoms with Crippen molar-refractivity contribution in [2.45, 2.75) is 52.4 Å². The van der Waals surface area contributed by atoms with Crippen LogP contribution in [-0.4, -0.2) is 61.8 Å². The van der Waals surface area contributed by atoms with E-state index in [0.717, 1.165) is 13.1 Å². The van der Waals surface area contributed by atoms with Gasteiger partial charge < -0.3 is 14.8 Å². The number of hydrogen-bond donors (Lipinski definition) is 1. The van der Waals surface area contributed by atoms with E-state index in [9.17, 15) is 9.59 Å². The number of nitrogens with zero attached hydrogens (tertiary/aromatic N) is 1. The molecule has 0 aromatic carbocycles. The SMILES string of the molecule is COC(=O)CCNC(=O)C(C(C)C)N1CC(C)OC(C)C1. The average molecular weight is 300 g/mol. The first kappa shape index (κ1) is 17.9. The van der Waals surface area contributed by atoms with Crippen molar-refractivity contribution in [3.8, 4) is 0 Å². The molecule has 3 unspecified atom stereocenters. The van der Waals surface area contributed by atoms with Crippen LogP contribution in [0.25, 0.3) is 0 Å². The summed E-state index contributed by atoms with van der Waals surface area (Å²) in [6.45, 7) is 9.93. The van der Waals surface area contributed by atoms with Crippen molar-refractivity contribution in [2.24, 2.45) is 5.92 Å². The van der Waals surface area contributed by atoms with E-state index in [-0.39, 0.29) is 42.5 Å². The quantitative estimate of drug-likeness (QED) is 0.735. The number of rotatable bonds is 6. The minimum atomic E-state index is -0.315. The molecule has 1 N–H and O–H groups in total. The highest BCUT2D eigenvalue weighted by atomic mass is 16.5. The summed E-state index contributed by atoms with van der Waals surface area (Å²) in [5.74, 6) is -0.152. The number of carbonyl (C=O) groups is 2. The van der Waals surface area contributed by atoms with Gasteiger partial charge in [0.25, 0.3) is 0 Å². The van der Waals surface area contributed by atoms with E-state index in [1.54, 1.807) is 0 Å². The van der Waals surface area contributed by atoms with Crippen LogP contribution in [0.15, 0.2) is 0 Å². The first-order valence-electron chi connectivity index (χ1n) is 7.59. The van der Waals surface area contributed by atoms with E-state index in [2.05, 4.69) is 15.0 Å². The zero-order chi connectivity index (χ0) is 16.0. The summed E-state index contributed by atoms with van der Waals surface area (Å²) in [4.78, 5) is 25.7. The molecule has 1 aliphatic heterocycles. The fourth-order valence-corrected chi connectivity index (χ4v) is 2.83. The minimum absolute atomic E-state index is 0.0322. The first-order valence-corrected chi connectivity index (χ1v) is 7.59. The van der Waals surface area contributed by atoms with Gasteiger partial charge in [0.15, 0.2) is 0 Å². The molecule has 6 nitrogen and oxygen atoms in total. The van der Waals surface area contributed by atoms with Gasteiger partial charge in [-0.1, -0.05) is 13.8 Å². The minimum Gasteiger partial charge on any atom is -0.469 e. The number of nitrogens with one attached hydrogen (secondary N) is 1. The van der Waals surface area contributed by atoms with Crippen molar-refractivity contribution in [1.29, 1.82) is 0 Å². The number of carbonyl (C=O) groups excluding carboxylic acids is 2. The first-order chi connectivity index (χ1) is 9.85. The van der Waals surface area contributed by atoms with Gasteiger partial charge in [-0.05, 0) is 19.8 Å². The standard InChI is InChI=1S/C15H28N2O4/c1-10(2)14(15(19)16-7-6-13(18)20-5)17-8-11(3)21-12(4)9-17/h10-12,14H,6-9H2,1-5H3,(H,16,19). The van der Waals surface area contributed by atoms with E-state index >= 15 is 0 Å². The second-order valence-electron chi connectivity index (χ2n) is 6.02. The Morgan fingerprint density at radius 1 is 1.29 bits per heavy atom. The lowest BCUT2D eigenvalue weighted by atomic mass is 9.99. The summed E-state index contributed by atoms with van der Waals surface area (Å²) < 4.78 is 10.3. The van der Waals surface area contributed by atoms with Crippen molar-refractivity contribution < 1.29 is 19.1 Å². The van der Waals surface area contributed by atoms with E-state index in [1.165, 1.54) is 7.11 Å². The molecule has 0 aliphatic carbocycles. The summed E-state index contributed by atoms with van der Waals surface area (Å²) in [5, 5.41) is 2.83. The van der Waals surface area contributed by atoms with Crippen LogP contribution in [0.3, 0.4) is 0 Å². The Kier molecular flexibility index (Phi) is 7.11. The topological polar surface area (TPSA) is 67.9 Å². The maximum absolute atomic E-state index is 12.4. The average Bonchev–Trinajstić information content (AvgIpc) is 2.36. The number of hydrogen-bond acceptors (Lipinski definition) is 5. The lowest BCUT2D eigenvalue weighted by Crippen LogP contribution is -2.57. The molecule has 1 saturated heterocycles.